The molecule has 0 saturated heterocycles. The Morgan fingerprint density at radius 3 is 2.82 bits per heavy atom. The summed E-state index contributed by atoms with van der Waals surface area (Å²) in [7, 11) is 0. The molecule has 5 heteroatoms. The highest BCUT2D eigenvalue weighted by atomic mass is 16.5. The molecule has 0 radical (unpaired) electrons. The molecule has 86 valence electrons. The third-order valence-corrected chi connectivity index (χ3v) is 2.18. The highest BCUT2D eigenvalue weighted by Gasteiger charge is 1.98. The van der Waals surface area contributed by atoms with Crippen molar-refractivity contribution in [2.45, 2.75) is 13.0 Å². The topological polar surface area (TPSA) is 63.7 Å². The number of para-hydroxylation sites is 1. The van der Waals surface area contributed by atoms with Gasteiger partial charge in [0, 0.05) is 13.0 Å². The summed E-state index contributed by atoms with van der Waals surface area (Å²) < 4.78 is 7.18. The van der Waals surface area contributed by atoms with Gasteiger partial charge in [0.15, 0.2) is 0 Å². The normalized spacial score (nSPS) is 9.82. The molecule has 0 atom stereocenters. The van der Waals surface area contributed by atoms with Gasteiger partial charge in [0.2, 0.25) is 0 Å². The van der Waals surface area contributed by atoms with Crippen molar-refractivity contribution in [3.63, 3.8) is 0 Å². The van der Waals surface area contributed by atoms with Gasteiger partial charge in [-0.1, -0.05) is 18.2 Å². The van der Waals surface area contributed by atoms with E-state index in [2.05, 4.69) is 10.1 Å². The average molecular weight is 228 g/mol. The van der Waals surface area contributed by atoms with E-state index in [-0.39, 0.29) is 5.82 Å². The predicted molar refractivity (Wildman–Crippen MR) is 61.3 cm³/mol. The molecule has 0 N–H and O–H groups in total. The van der Waals surface area contributed by atoms with Crippen LogP contribution in [0.15, 0.2) is 36.7 Å². The quantitative estimate of drug-likeness (QED) is 0.729. The van der Waals surface area contributed by atoms with E-state index in [0.29, 0.717) is 13.2 Å². The van der Waals surface area contributed by atoms with Gasteiger partial charge in [-0.15, -0.1) is 5.10 Å². The number of nitrogens with zero attached hydrogens (tertiary/aromatic N) is 4. The second-order valence-electron chi connectivity index (χ2n) is 3.46. The van der Waals surface area contributed by atoms with Crippen molar-refractivity contribution < 1.29 is 4.74 Å². The first kappa shape index (κ1) is 11.1. The van der Waals surface area contributed by atoms with E-state index in [9.17, 15) is 0 Å². The molecule has 0 saturated carbocycles. The fourth-order valence-corrected chi connectivity index (χ4v) is 1.39. The minimum atomic E-state index is 0.203. The molecule has 0 fully saturated rings. The van der Waals surface area contributed by atoms with E-state index in [1.165, 1.54) is 0 Å². The Hall–Kier alpha value is -2.35. The van der Waals surface area contributed by atoms with Gasteiger partial charge in [-0.2, -0.15) is 5.26 Å². The van der Waals surface area contributed by atoms with Crippen LogP contribution in [0.25, 0.3) is 0 Å². The van der Waals surface area contributed by atoms with Crippen LogP contribution in [-0.2, 0) is 6.54 Å². The number of nitriles is 1. The maximum atomic E-state index is 8.56. The first-order chi connectivity index (χ1) is 8.38. The molecule has 0 unspecified atom stereocenters. The SMILES string of the molecule is N#Cc1ncn(CCCOc2ccccc2)n1. The number of hydrogen-bond donors (Lipinski definition) is 0. The monoisotopic (exact) mass is 228 g/mol. The van der Waals surface area contributed by atoms with Crippen molar-refractivity contribution in [2.24, 2.45) is 0 Å². The van der Waals surface area contributed by atoms with Crippen molar-refractivity contribution >= 4 is 0 Å². The molecular weight excluding hydrogens is 216 g/mol. The van der Waals surface area contributed by atoms with E-state index in [1.807, 2.05) is 36.4 Å². The van der Waals surface area contributed by atoms with Crippen molar-refractivity contribution in [3.05, 3.63) is 42.5 Å². The van der Waals surface area contributed by atoms with Crippen LogP contribution in [-0.4, -0.2) is 21.4 Å². The summed E-state index contributed by atoms with van der Waals surface area (Å²) in [6, 6.07) is 11.6. The smallest absolute Gasteiger partial charge is 0.252 e. The molecule has 1 aromatic carbocycles. The lowest BCUT2D eigenvalue weighted by atomic mass is 10.3. The molecule has 0 aliphatic heterocycles. The third-order valence-electron chi connectivity index (χ3n) is 2.18. The number of ether oxygens (including phenoxy) is 1. The van der Waals surface area contributed by atoms with Crippen LogP contribution in [0.3, 0.4) is 0 Å². The highest BCUT2D eigenvalue weighted by Crippen LogP contribution is 2.08. The summed E-state index contributed by atoms with van der Waals surface area (Å²) in [6.07, 6.45) is 2.38. The van der Waals surface area contributed by atoms with Gasteiger partial charge in [-0.05, 0) is 12.1 Å². The summed E-state index contributed by atoms with van der Waals surface area (Å²) in [6.45, 7) is 1.31. The lowest BCUT2D eigenvalue weighted by Crippen LogP contribution is -2.05. The van der Waals surface area contributed by atoms with Crippen LogP contribution in [0.2, 0.25) is 0 Å². The highest BCUT2D eigenvalue weighted by molar-refractivity contribution is 5.20. The minimum Gasteiger partial charge on any atom is -0.494 e. The second kappa shape index (κ2) is 5.66. The second-order valence-corrected chi connectivity index (χ2v) is 3.46. The molecule has 2 aromatic rings. The molecule has 0 aliphatic rings. The van der Waals surface area contributed by atoms with E-state index in [1.54, 1.807) is 11.0 Å². The molecule has 0 spiro atoms. The lowest BCUT2D eigenvalue weighted by Gasteiger charge is -2.05. The van der Waals surface area contributed by atoms with Crippen molar-refractivity contribution in [1.82, 2.24) is 14.8 Å². The Labute approximate surface area is 99.3 Å². The molecular formula is C12H12N4O. The van der Waals surface area contributed by atoms with Crippen molar-refractivity contribution in [2.75, 3.05) is 6.61 Å². The van der Waals surface area contributed by atoms with E-state index in [0.717, 1.165) is 12.2 Å². The maximum absolute atomic E-state index is 8.56. The molecule has 5 nitrogen and oxygen atoms in total. The van der Waals surface area contributed by atoms with Gasteiger partial charge in [0.1, 0.15) is 18.1 Å². The van der Waals surface area contributed by atoms with Gasteiger partial charge in [0.25, 0.3) is 5.82 Å². The summed E-state index contributed by atoms with van der Waals surface area (Å²) in [5.41, 5.74) is 0. The van der Waals surface area contributed by atoms with E-state index in [4.69, 9.17) is 10.00 Å². The largest absolute Gasteiger partial charge is 0.494 e. The first-order valence-electron chi connectivity index (χ1n) is 5.36. The Morgan fingerprint density at radius 2 is 2.12 bits per heavy atom. The summed E-state index contributed by atoms with van der Waals surface area (Å²) >= 11 is 0. The van der Waals surface area contributed by atoms with Gasteiger partial charge in [-0.3, -0.25) is 4.68 Å². The molecule has 0 bridgehead atoms. The standard InChI is InChI=1S/C12H12N4O/c13-9-12-14-10-16(15-12)7-4-8-17-11-5-2-1-3-6-11/h1-3,5-6,10H,4,7-8H2. The van der Waals surface area contributed by atoms with E-state index >= 15 is 0 Å². The Morgan fingerprint density at radius 1 is 1.29 bits per heavy atom. The molecule has 1 aromatic heterocycles. The van der Waals surface area contributed by atoms with Crippen molar-refractivity contribution in [1.29, 1.82) is 5.26 Å². The summed E-state index contributed by atoms with van der Waals surface area (Å²) in [5.74, 6) is 1.07. The molecule has 1 heterocycles. The number of hydrogen-bond acceptors (Lipinski definition) is 4. The zero-order chi connectivity index (χ0) is 11.9. The molecule has 17 heavy (non-hydrogen) atoms. The summed E-state index contributed by atoms with van der Waals surface area (Å²) in [4.78, 5) is 3.82. The first-order valence-corrected chi connectivity index (χ1v) is 5.36. The Kier molecular flexibility index (Phi) is 3.71. The van der Waals surface area contributed by atoms with Crippen LogP contribution in [0, 0.1) is 11.3 Å². The minimum absolute atomic E-state index is 0.203. The predicted octanol–water partition coefficient (Wildman–Crippen LogP) is 1.62. The summed E-state index contributed by atoms with van der Waals surface area (Å²) in [5, 5.41) is 12.5. The van der Waals surface area contributed by atoms with Crippen LogP contribution < -0.4 is 4.74 Å². The van der Waals surface area contributed by atoms with Gasteiger partial charge in [-0.25, -0.2) is 4.98 Å². The average Bonchev–Trinajstić information content (AvgIpc) is 2.84. The molecule has 0 amide bonds. The Balaban J connectivity index is 1.72. The Bertz CT molecular complexity index is 501. The van der Waals surface area contributed by atoms with Crippen LogP contribution in [0.5, 0.6) is 5.75 Å². The lowest BCUT2D eigenvalue weighted by molar-refractivity contribution is 0.298. The van der Waals surface area contributed by atoms with Crippen LogP contribution >= 0.6 is 0 Å². The number of aromatic nitrogens is 3. The molecule has 2 rings (SSSR count). The van der Waals surface area contributed by atoms with Gasteiger partial charge < -0.3 is 4.74 Å². The van der Waals surface area contributed by atoms with Crippen LogP contribution in [0.4, 0.5) is 0 Å². The van der Waals surface area contributed by atoms with Gasteiger partial charge in [0.05, 0.1) is 6.61 Å². The fraction of sp³-hybridized carbons (Fsp3) is 0.250. The number of aryl methyl sites for hydroxylation is 1. The third kappa shape index (κ3) is 3.31. The maximum Gasteiger partial charge on any atom is 0.252 e. The van der Waals surface area contributed by atoms with E-state index < -0.39 is 0 Å². The molecule has 0 aliphatic carbocycles. The fourth-order valence-electron chi connectivity index (χ4n) is 1.39. The zero-order valence-electron chi connectivity index (χ0n) is 9.28. The van der Waals surface area contributed by atoms with Crippen molar-refractivity contribution in [3.8, 4) is 11.8 Å². The number of rotatable bonds is 5. The zero-order valence-corrected chi connectivity index (χ0v) is 9.28. The number of benzene rings is 1. The van der Waals surface area contributed by atoms with Crippen LogP contribution in [0.1, 0.15) is 12.2 Å². The van der Waals surface area contributed by atoms with Gasteiger partial charge >= 0.3 is 0 Å².